The van der Waals surface area contributed by atoms with Crippen molar-refractivity contribution in [1.82, 2.24) is 9.97 Å². The minimum absolute atomic E-state index is 0.190. The van der Waals surface area contributed by atoms with Crippen molar-refractivity contribution in [3.05, 3.63) is 18.2 Å². The minimum atomic E-state index is -1.01. The lowest BCUT2D eigenvalue weighted by atomic mass is 10.2. The van der Waals surface area contributed by atoms with Gasteiger partial charge in [0.15, 0.2) is 0 Å². The molecule has 0 amide bonds. The number of hydrogen-bond acceptors (Lipinski definition) is 12. The van der Waals surface area contributed by atoms with Crippen LogP contribution in [0.1, 0.15) is 5.69 Å². The summed E-state index contributed by atoms with van der Waals surface area (Å²) in [5.41, 5.74) is 20.7. The Bertz CT molecular complexity index is 620. The highest BCUT2D eigenvalue weighted by Gasteiger charge is 2.12. The standard InChI is InChI=1S/C6H9N3O2.3C3H7NO2S/c7-5(6(10)11)1-4-2-8-3-9-4;3*4-2(1-7)3(5)6/h2-3,5H,1,7H2,(H,8,9)(H,10,11);3*2,7H,1,4H2,(H,5,6)/t5-;3*2-/m0000/s1. The van der Waals surface area contributed by atoms with Crippen LogP contribution < -0.4 is 22.9 Å². The van der Waals surface area contributed by atoms with E-state index in [4.69, 9.17) is 43.4 Å². The average Bonchev–Trinajstić information content (AvgIpc) is 3.25. The van der Waals surface area contributed by atoms with Gasteiger partial charge < -0.3 is 48.3 Å². The third-order valence-electron chi connectivity index (χ3n) is 2.84. The number of nitrogens with one attached hydrogen (secondary N) is 1. The molecule has 0 saturated carbocycles. The molecule has 32 heavy (non-hydrogen) atoms. The summed E-state index contributed by atoms with van der Waals surface area (Å²) >= 11 is 10.9. The van der Waals surface area contributed by atoms with E-state index in [0.29, 0.717) is 5.69 Å². The maximum absolute atomic E-state index is 10.3. The quantitative estimate of drug-likeness (QED) is 0.149. The molecule has 0 aliphatic carbocycles. The molecule has 0 saturated heterocycles. The van der Waals surface area contributed by atoms with Crippen LogP contribution in [0.15, 0.2) is 12.5 Å². The first kappa shape index (κ1) is 34.6. The van der Waals surface area contributed by atoms with E-state index in [1.165, 1.54) is 6.33 Å². The summed E-state index contributed by atoms with van der Waals surface area (Å²) in [7, 11) is 0. The predicted octanol–water partition coefficient (Wildman–Crippen LogP) is -2.65. The maximum atomic E-state index is 10.3. The van der Waals surface area contributed by atoms with Crippen molar-refractivity contribution >= 4 is 61.8 Å². The Morgan fingerprint density at radius 3 is 1.22 bits per heavy atom. The van der Waals surface area contributed by atoms with Crippen molar-refractivity contribution in [3.63, 3.8) is 0 Å². The molecule has 0 radical (unpaired) electrons. The highest BCUT2D eigenvalue weighted by molar-refractivity contribution is 7.80. The van der Waals surface area contributed by atoms with E-state index >= 15 is 0 Å². The maximum Gasteiger partial charge on any atom is 0.321 e. The molecule has 0 aromatic carbocycles. The zero-order valence-electron chi connectivity index (χ0n) is 16.8. The van der Waals surface area contributed by atoms with Crippen LogP contribution in [0.4, 0.5) is 0 Å². The smallest absolute Gasteiger partial charge is 0.321 e. The summed E-state index contributed by atoms with van der Waals surface area (Å²) in [6.07, 6.45) is 3.38. The first-order valence-electron chi connectivity index (χ1n) is 8.48. The third-order valence-corrected chi connectivity index (χ3v) is 4.02. The highest BCUT2D eigenvalue weighted by Crippen LogP contribution is 1.95. The second-order valence-corrected chi connectivity index (χ2v) is 6.69. The largest absolute Gasteiger partial charge is 0.480 e. The Labute approximate surface area is 200 Å². The Kier molecular flexibility index (Phi) is 22.5. The number of thiol groups is 3. The average molecular weight is 519 g/mol. The molecule has 0 unspecified atom stereocenters. The van der Waals surface area contributed by atoms with Crippen LogP contribution in [-0.2, 0) is 25.6 Å². The zero-order valence-corrected chi connectivity index (χ0v) is 19.5. The van der Waals surface area contributed by atoms with Crippen LogP contribution in [-0.4, -0.2) is 95.7 Å². The van der Waals surface area contributed by atoms with E-state index in [9.17, 15) is 19.2 Å². The van der Waals surface area contributed by atoms with Crippen molar-refractivity contribution < 1.29 is 39.6 Å². The molecule has 1 rings (SSSR count). The van der Waals surface area contributed by atoms with Crippen molar-refractivity contribution in [2.24, 2.45) is 22.9 Å². The molecule has 1 heterocycles. The van der Waals surface area contributed by atoms with E-state index in [-0.39, 0.29) is 23.7 Å². The van der Waals surface area contributed by atoms with Gasteiger partial charge in [0.05, 0.1) is 12.0 Å². The van der Waals surface area contributed by atoms with Gasteiger partial charge in [0.1, 0.15) is 24.2 Å². The second kappa shape index (κ2) is 20.9. The molecule has 1 aromatic heterocycles. The fraction of sp³-hybridized carbons (Fsp3) is 0.533. The van der Waals surface area contributed by atoms with Crippen molar-refractivity contribution in [2.75, 3.05) is 17.3 Å². The molecule has 0 spiro atoms. The molecule has 1 aromatic rings. The summed E-state index contributed by atoms with van der Waals surface area (Å²) in [5, 5.41) is 32.4. The number of aromatic amines is 1. The van der Waals surface area contributed by atoms with Gasteiger partial charge in [0, 0.05) is 29.9 Å². The number of nitrogens with two attached hydrogens (primary N) is 4. The van der Waals surface area contributed by atoms with Gasteiger partial charge in [-0.3, -0.25) is 19.2 Å². The summed E-state index contributed by atoms with van der Waals surface area (Å²) in [5.74, 6) is -3.45. The summed E-state index contributed by atoms with van der Waals surface area (Å²) in [6, 6.07) is -3.31. The number of carbonyl (C=O) groups is 4. The lowest BCUT2D eigenvalue weighted by molar-refractivity contribution is -0.139. The molecule has 0 fully saturated rings. The fourth-order valence-corrected chi connectivity index (χ4v) is 1.42. The van der Waals surface area contributed by atoms with E-state index in [0.717, 1.165) is 0 Å². The number of aromatic nitrogens is 2. The van der Waals surface area contributed by atoms with Gasteiger partial charge in [-0.05, 0) is 0 Å². The summed E-state index contributed by atoms with van der Waals surface area (Å²) < 4.78 is 0. The van der Waals surface area contributed by atoms with Gasteiger partial charge in [0.25, 0.3) is 0 Å². The first-order chi connectivity index (χ1) is 14.7. The van der Waals surface area contributed by atoms with E-state index < -0.39 is 48.0 Å². The Hall–Kier alpha value is -2.02. The van der Waals surface area contributed by atoms with Gasteiger partial charge in [0.2, 0.25) is 0 Å². The number of imidazole rings is 1. The van der Waals surface area contributed by atoms with Crippen LogP contribution in [0.5, 0.6) is 0 Å². The number of carboxylic acid groups (broad SMARTS) is 4. The number of hydrogen-bond donors (Lipinski definition) is 12. The molecule has 186 valence electrons. The first-order valence-corrected chi connectivity index (χ1v) is 10.4. The predicted molar refractivity (Wildman–Crippen MR) is 126 cm³/mol. The van der Waals surface area contributed by atoms with Crippen LogP contribution in [0, 0.1) is 0 Å². The lowest BCUT2D eigenvalue weighted by Crippen LogP contribution is -2.32. The van der Waals surface area contributed by atoms with Crippen LogP contribution >= 0.6 is 37.9 Å². The molecule has 0 aliphatic heterocycles. The zero-order chi connectivity index (χ0) is 25.9. The summed E-state index contributed by atoms with van der Waals surface area (Å²) in [4.78, 5) is 46.1. The van der Waals surface area contributed by atoms with Crippen LogP contribution in [0.25, 0.3) is 0 Å². The van der Waals surface area contributed by atoms with E-state index in [2.05, 4.69) is 47.9 Å². The number of carboxylic acids is 4. The van der Waals surface area contributed by atoms with E-state index in [1.807, 2.05) is 0 Å². The summed E-state index contributed by atoms with van der Waals surface area (Å²) in [6.45, 7) is 0. The fourth-order valence-electron chi connectivity index (χ4n) is 0.949. The number of nitrogens with zero attached hydrogens (tertiary/aromatic N) is 1. The Morgan fingerprint density at radius 2 is 1.06 bits per heavy atom. The minimum Gasteiger partial charge on any atom is -0.480 e. The van der Waals surface area contributed by atoms with Crippen molar-refractivity contribution in [2.45, 2.75) is 30.6 Å². The molecule has 13 N–H and O–H groups in total. The van der Waals surface area contributed by atoms with Gasteiger partial charge in [-0.15, -0.1) is 0 Å². The molecule has 4 atom stereocenters. The molecule has 17 heteroatoms. The molecule has 0 bridgehead atoms. The van der Waals surface area contributed by atoms with Gasteiger partial charge >= 0.3 is 23.9 Å². The molecular formula is C15H30N6O8S3. The van der Waals surface area contributed by atoms with Gasteiger partial charge in [-0.25, -0.2) is 4.98 Å². The van der Waals surface area contributed by atoms with E-state index in [1.54, 1.807) is 6.20 Å². The van der Waals surface area contributed by atoms with Crippen LogP contribution in [0.2, 0.25) is 0 Å². The second-order valence-electron chi connectivity index (χ2n) is 5.59. The van der Waals surface area contributed by atoms with Crippen molar-refractivity contribution in [1.29, 1.82) is 0 Å². The third kappa shape index (κ3) is 21.2. The monoisotopic (exact) mass is 518 g/mol. The molecule has 0 aliphatic rings. The topological polar surface area (TPSA) is 282 Å². The SMILES string of the molecule is N[C@@H](CS)C(=O)O.N[C@@H](CS)C(=O)O.N[C@@H](CS)C(=O)O.N[C@@H](Cc1c[nH]cn1)C(=O)O. The van der Waals surface area contributed by atoms with Gasteiger partial charge in [-0.1, -0.05) is 0 Å². The number of aliphatic carboxylic acids is 4. The van der Waals surface area contributed by atoms with Gasteiger partial charge in [-0.2, -0.15) is 37.9 Å². The molecule has 14 nitrogen and oxygen atoms in total. The highest BCUT2D eigenvalue weighted by atomic mass is 32.1. The van der Waals surface area contributed by atoms with Crippen molar-refractivity contribution in [3.8, 4) is 0 Å². The Balaban J connectivity index is -0.000000361. The normalized spacial score (nSPS) is 13.2. The number of rotatable bonds is 9. The lowest BCUT2D eigenvalue weighted by Gasteiger charge is -2.01. The number of H-pyrrole nitrogens is 1. The Morgan fingerprint density at radius 1 is 0.750 bits per heavy atom. The van der Waals surface area contributed by atoms with Crippen LogP contribution in [0.3, 0.4) is 0 Å². The molecular weight excluding hydrogens is 488 g/mol.